The lowest BCUT2D eigenvalue weighted by molar-refractivity contribution is -0.151. The lowest BCUT2D eigenvalue weighted by Crippen LogP contribution is -2.47. The van der Waals surface area contributed by atoms with Crippen LogP contribution in [0, 0.1) is 11.3 Å². The molecule has 0 N–H and O–H groups in total. The average Bonchev–Trinajstić information content (AvgIpc) is 3.03. The van der Waals surface area contributed by atoms with Gasteiger partial charge in [0.1, 0.15) is 0 Å². The molecule has 0 saturated carbocycles. The molecular weight excluding hydrogens is 272 g/mol. The highest BCUT2D eigenvalue weighted by atomic mass is 16.5. The molecule has 0 aromatic rings. The minimum Gasteiger partial charge on any atom is -0.465 e. The van der Waals surface area contributed by atoms with Crippen LogP contribution >= 0.6 is 0 Å². The monoisotopic (exact) mass is 294 g/mol. The molecule has 21 heavy (non-hydrogen) atoms. The number of nitrogens with zero attached hydrogens (tertiary/aromatic N) is 2. The number of amides is 2. The van der Waals surface area contributed by atoms with E-state index in [1.165, 1.54) is 0 Å². The number of hydrogen-bond acceptors (Lipinski definition) is 4. The molecule has 6 heteroatoms. The molecule has 3 rings (SSSR count). The van der Waals surface area contributed by atoms with Crippen molar-refractivity contribution in [2.75, 3.05) is 32.8 Å². The molecule has 3 saturated heterocycles. The second kappa shape index (κ2) is 5.31. The van der Waals surface area contributed by atoms with Gasteiger partial charge in [0, 0.05) is 32.6 Å². The molecule has 2 amide bonds. The SMILES string of the molecule is CCN1CC(C(=O)N2CCC3(CCOC3=O)CC2)CC1=O. The van der Waals surface area contributed by atoms with Gasteiger partial charge < -0.3 is 14.5 Å². The van der Waals surface area contributed by atoms with Gasteiger partial charge in [0.2, 0.25) is 11.8 Å². The second-order valence-electron chi connectivity index (χ2n) is 6.32. The molecule has 1 spiro atoms. The summed E-state index contributed by atoms with van der Waals surface area (Å²) in [5, 5.41) is 0. The first-order valence-electron chi connectivity index (χ1n) is 7.79. The smallest absolute Gasteiger partial charge is 0.312 e. The molecule has 3 fully saturated rings. The summed E-state index contributed by atoms with van der Waals surface area (Å²) >= 11 is 0. The van der Waals surface area contributed by atoms with Gasteiger partial charge in [-0.25, -0.2) is 0 Å². The number of ether oxygens (including phenoxy) is 1. The Hall–Kier alpha value is -1.59. The average molecular weight is 294 g/mol. The van der Waals surface area contributed by atoms with Crippen molar-refractivity contribution in [1.82, 2.24) is 9.80 Å². The molecule has 3 heterocycles. The van der Waals surface area contributed by atoms with Gasteiger partial charge >= 0.3 is 5.97 Å². The van der Waals surface area contributed by atoms with Gasteiger partial charge in [0.25, 0.3) is 0 Å². The number of hydrogen-bond donors (Lipinski definition) is 0. The zero-order valence-electron chi connectivity index (χ0n) is 12.5. The maximum Gasteiger partial charge on any atom is 0.312 e. The van der Waals surface area contributed by atoms with Gasteiger partial charge in [-0.05, 0) is 26.2 Å². The molecule has 116 valence electrons. The lowest BCUT2D eigenvalue weighted by atomic mass is 9.77. The van der Waals surface area contributed by atoms with Crippen LogP contribution < -0.4 is 0 Å². The fraction of sp³-hybridized carbons (Fsp3) is 0.800. The first kappa shape index (κ1) is 14.4. The number of piperidine rings is 1. The van der Waals surface area contributed by atoms with Gasteiger partial charge in [-0.1, -0.05) is 0 Å². The highest BCUT2D eigenvalue weighted by molar-refractivity contribution is 5.89. The Labute approximate surface area is 124 Å². The molecular formula is C15H22N2O4. The minimum absolute atomic E-state index is 0.0699. The third-order valence-electron chi connectivity index (χ3n) is 5.22. The summed E-state index contributed by atoms with van der Waals surface area (Å²) in [6.07, 6.45) is 2.49. The third kappa shape index (κ3) is 2.40. The van der Waals surface area contributed by atoms with Crippen LogP contribution in [0.3, 0.4) is 0 Å². The topological polar surface area (TPSA) is 66.9 Å². The van der Waals surface area contributed by atoms with Crippen LogP contribution in [0.2, 0.25) is 0 Å². The van der Waals surface area contributed by atoms with Gasteiger partial charge in [-0.15, -0.1) is 0 Å². The van der Waals surface area contributed by atoms with Gasteiger partial charge in [-0.2, -0.15) is 0 Å². The number of carbonyl (C=O) groups is 3. The highest BCUT2D eigenvalue weighted by Gasteiger charge is 2.47. The molecule has 0 radical (unpaired) electrons. The van der Waals surface area contributed by atoms with Crippen molar-refractivity contribution < 1.29 is 19.1 Å². The maximum absolute atomic E-state index is 12.5. The summed E-state index contributed by atoms with van der Waals surface area (Å²) in [6, 6.07) is 0. The van der Waals surface area contributed by atoms with Gasteiger partial charge in [-0.3, -0.25) is 14.4 Å². The Balaban J connectivity index is 1.58. The van der Waals surface area contributed by atoms with Crippen molar-refractivity contribution in [2.45, 2.75) is 32.6 Å². The maximum atomic E-state index is 12.5. The standard InChI is InChI=1S/C15H22N2O4/c1-2-16-10-11(9-12(16)18)13(19)17-6-3-15(4-7-17)5-8-21-14(15)20/h11H,2-10H2,1H3. The van der Waals surface area contributed by atoms with Crippen molar-refractivity contribution in [3.63, 3.8) is 0 Å². The molecule has 0 aromatic heterocycles. The van der Waals surface area contributed by atoms with Gasteiger partial charge in [0.05, 0.1) is 17.9 Å². The Morgan fingerprint density at radius 1 is 1.29 bits per heavy atom. The Bertz CT molecular complexity index is 468. The summed E-state index contributed by atoms with van der Waals surface area (Å²) < 4.78 is 5.09. The lowest BCUT2D eigenvalue weighted by Gasteiger charge is -2.37. The molecule has 1 unspecified atom stereocenters. The largest absolute Gasteiger partial charge is 0.465 e. The molecule has 3 aliphatic heterocycles. The zero-order chi connectivity index (χ0) is 15.0. The van der Waals surface area contributed by atoms with E-state index in [2.05, 4.69) is 0 Å². The normalized spacial score (nSPS) is 28.3. The number of esters is 1. The summed E-state index contributed by atoms with van der Waals surface area (Å²) in [4.78, 5) is 39.7. The van der Waals surface area contributed by atoms with Crippen molar-refractivity contribution in [3.8, 4) is 0 Å². The van der Waals surface area contributed by atoms with E-state index in [4.69, 9.17) is 4.74 Å². The van der Waals surface area contributed by atoms with E-state index in [1.54, 1.807) is 4.90 Å². The molecule has 1 atom stereocenters. The highest BCUT2D eigenvalue weighted by Crippen LogP contribution is 2.40. The molecule has 3 aliphatic rings. The van der Waals surface area contributed by atoms with Crippen molar-refractivity contribution >= 4 is 17.8 Å². The zero-order valence-corrected chi connectivity index (χ0v) is 12.5. The first-order valence-corrected chi connectivity index (χ1v) is 7.79. The van der Waals surface area contributed by atoms with E-state index in [0.717, 1.165) is 6.42 Å². The number of rotatable bonds is 2. The van der Waals surface area contributed by atoms with E-state index < -0.39 is 0 Å². The Morgan fingerprint density at radius 2 is 2.00 bits per heavy atom. The van der Waals surface area contributed by atoms with Crippen molar-refractivity contribution in [2.24, 2.45) is 11.3 Å². The predicted octanol–water partition coefficient (Wildman–Crippen LogP) is 0.410. The van der Waals surface area contributed by atoms with E-state index in [1.807, 2.05) is 11.8 Å². The Kier molecular flexibility index (Phi) is 3.63. The van der Waals surface area contributed by atoms with E-state index in [9.17, 15) is 14.4 Å². The van der Waals surface area contributed by atoms with E-state index in [-0.39, 0.29) is 29.1 Å². The quantitative estimate of drug-likeness (QED) is 0.692. The van der Waals surface area contributed by atoms with Crippen molar-refractivity contribution in [3.05, 3.63) is 0 Å². The molecule has 6 nitrogen and oxygen atoms in total. The molecule has 0 aromatic carbocycles. The van der Waals surface area contributed by atoms with Crippen molar-refractivity contribution in [1.29, 1.82) is 0 Å². The third-order valence-corrected chi connectivity index (χ3v) is 5.22. The number of likely N-dealkylation sites (tertiary alicyclic amines) is 2. The summed E-state index contributed by atoms with van der Waals surface area (Å²) in [5.41, 5.74) is -0.349. The first-order chi connectivity index (χ1) is 10.1. The molecule has 0 aliphatic carbocycles. The van der Waals surface area contributed by atoms with Crippen LogP contribution in [0.4, 0.5) is 0 Å². The number of carbonyl (C=O) groups excluding carboxylic acids is 3. The van der Waals surface area contributed by atoms with Crippen LogP contribution in [-0.2, 0) is 19.1 Å². The fourth-order valence-corrected chi connectivity index (χ4v) is 3.70. The van der Waals surface area contributed by atoms with E-state index in [0.29, 0.717) is 52.0 Å². The van der Waals surface area contributed by atoms with Crippen LogP contribution in [-0.4, -0.2) is 60.4 Å². The van der Waals surface area contributed by atoms with Gasteiger partial charge in [0.15, 0.2) is 0 Å². The summed E-state index contributed by atoms with van der Waals surface area (Å²) in [7, 11) is 0. The van der Waals surface area contributed by atoms with Crippen LogP contribution in [0.15, 0.2) is 0 Å². The summed E-state index contributed by atoms with van der Waals surface area (Å²) in [6.45, 7) is 4.85. The van der Waals surface area contributed by atoms with Crippen LogP contribution in [0.5, 0.6) is 0 Å². The fourth-order valence-electron chi connectivity index (χ4n) is 3.70. The van der Waals surface area contributed by atoms with E-state index >= 15 is 0 Å². The number of cyclic esters (lactones) is 1. The Morgan fingerprint density at radius 3 is 2.52 bits per heavy atom. The minimum atomic E-state index is -0.349. The molecule has 0 bridgehead atoms. The second-order valence-corrected chi connectivity index (χ2v) is 6.32. The van der Waals surface area contributed by atoms with Crippen LogP contribution in [0.1, 0.15) is 32.6 Å². The summed E-state index contributed by atoms with van der Waals surface area (Å²) in [5.74, 6) is -0.158. The predicted molar refractivity (Wildman–Crippen MR) is 74.2 cm³/mol. The van der Waals surface area contributed by atoms with Crippen LogP contribution in [0.25, 0.3) is 0 Å².